The lowest BCUT2D eigenvalue weighted by Crippen LogP contribution is -2.28. The number of hydrogen-bond acceptors (Lipinski definition) is 4. The number of halogens is 1. The molecule has 24 heavy (non-hydrogen) atoms. The summed E-state index contributed by atoms with van der Waals surface area (Å²) in [7, 11) is 0. The standard InChI is InChI=1S/C17H15ClN4O2/c18-12-7-5-11(6-8-12)15(23)9-19-17(24)14-4-2-1-3-13(14)16-20-10-21-22-16/h1-8,10,15,23H,9H2,(H,19,24)(H,20,21,22)/t15-/m0/s1. The quantitative estimate of drug-likeness (QED) is 0.664. The smallest absolute Gasteiger partial charge is 0.252 e. The molecule has 1 amide bonds. The van der Waals surface area contributed by atoms with Crippen molar-refractivity contribution in [1.82, 2.24) is 20.5 Å². The van der Waals surface area contributed by atoms with Gasteiger partial charge in [0.25, 0.3) is 5.91 Å². The van der Waals surface area contributed by atoms with E-state index in [4.69, 9.17) is 11.6 Å². The first kappa shape index (κ1) is 16.2. The lowest BCUT2D eigenvalue weighted by molar-refractivity contribution is 0.0917. The van der Waals surface area contributed by atoms with Crippen LogP contribution in [0.1, 0.15) is 22.0 Å². The Morgan fingerprint density at radius 1 is 1.21 bits per heavy atom. The maximum Gasteiger partial charge on any atom is 0.252 e. The summed E-state index contributed by atoms with van der Waals surface area (Å²) in [5.74, 6) is 0.217. The number of rotatable bonds is 5. The largest absolute Gasteiger partial charge is 0.387 e. The number of aromatic amines is 1. The lowest BCUT2D eigenvalue weighted by atomic mass is 10.1. The van der Waals surface area contributed by atoms with Gasteiger partial charge < -0.3 is 10.4 Å². The van der Waals surface area contributed by atoms with Crippen LogP contribution in [0.3, 0.4) is 0 Å². The van der Waals surface area contributed by atoms with Gasteiger partial charge in [-0.1, -0.05) is 41.9 Å². The zero-order valence-electron chi connectivity index (χ0n) is 12.6. The van der Waals surface area contributed by atoms with E-state index in [1.807, 2.05) is 6.07 Å². The first-order valence-electron chi connectivity index (χ1n) is 7.31. The van der Waals surface area contributed by atoms with Gasteiger partial charge in [-0.2, -0.15) is 5.10 Å². The molecule has 1 atom stereocenters. The molecule has 0 saturated heterocycles. The van der Waals surface area contributed by atoms with Crippen LogP contribution in [0.15, 0.2) is 54.9 Å². The van der Waals surface area contributed by atoms with Crippen LogP contribution in [0, 0.1) is 0 Å². The van der Waals surface area contributed by atoms with Crippen LogP contribution in [0.5, 0.6) is 0 Å². The van der Waals surface area contributed by atoms with Crippen LogP contribution >= 0.6 is 11.6 Å². The Morgan fingerprint density at radius 2 is 1.96 bits per heavy atom. The minimum absolute atomic E-state index is 0.0885. The fourth-order valence-corrected chi connectivity index (χ4v) is 2.44. The molecule has 7 heteroatoms. The van der Waals surface area contributed by atoms with Crippen LogP contribution < -0.4 is 5.32 Å². The third-order valence-electron chi connectivity index (χ3n) is 3.55. The average Bonchev–Trinajstić information content (AvgIpc) is 3.14. The predicted octanol–water partition coefficient (Wildman–Crippen LogP) is 2.59. The average molecular weight is 343 g/mol. The van der Waals surface area contributed by atoms with E-state index in [0.717, 1.165) is 0 Å². The van der Waals surface area contributed by atoms with Gasteiger partial charge in [0.2, 0.25) is 0 Å². The summed E-state index contributed by atoms with van der Waals surface area (Å²) in [6.45, 7) is 0.0885. The van der Waals surface area contributed by atoms with E-state index in [0.29, 0.717) is 27.5 Å². The number of carbonyl (C=O) groups excluding carboxylic acids is 1. The highest BCUT2D eigenvalue weighted by molar-refractivity contribution is 6.30. The van der Waals surface area contributed by atoms with Gasteiger partial charge in [0.15, 0.2) is 5.82 Å². The van der Waals surface area contributed by atoms with Gasteiger partial charge in [-0.15, -0.1) is 0 Å². The second kappa shape index (κ2) is 7.25. The molecule has 0 fully saturated rings. The molecule has 3 aromatic rings. The van der Waals surface area contributed by atoms with Crippen molar-refractivity contribution in [3.63, 3.8) is 0 Å². The molecule has 0 bridgehead atoms. The zero-order valence-corrected chi connectivity index (χ0v) is 13.4. The molecule has 122 valence electrons. The van der Waals surface area contributed by atoms with Gasteiger partial charge in [-0.25, -0.2) is 4.98 Å². The van der Waals surface area contributed by atoms with Crippen LogP contribution in [0.2, 0.25) is 5.02 Å². The first-order valence-corrected chi connectivity index (χ1v) is 7.69. The maximum atomic E-state index is 12.4. The van der Waals surface area contributed by atoms with Crippen molar-refractivity contribution in [3.05, 3.63) is 71.0 Å². The van der Waals surface area contributed by atoms with Crippen molar-refractivity contribution in [2.45, 2.75) is 6.10 Å². The number of carbonyl (C=O) groups is 1. The molecule has 3 N–H and O–H groups in total. The molecule has 0 unspecified atom stereocenters. The van der Waals surface area contributed by atoms with E-state index >= 15 is 0 Å². The fourth-order valence-electron chi connectivity index (χ4n) is 2.31. The summed E-state index contributed by atoms with van der Waals surface area (Å²) in [6, 6.07) is 13.9. The van der Waals surface area contributed by atoms with Gasteiger partial charge in [-0.05, 0) is 23.8 Å². The summed E-state index contributed by atoms with van der Waals surface area (Å²) in [5, 5.41) is 20.0. The fraction of sp³-hybridized carbons (Fsp3) is 0.118. The van der Waals surface area contributed by atoms with Crippen LogP contribution in [-0.4, -0.2) is 32.7 Å². The first-order chi connectivity index (χ1) is 11.6. The maximum absolute atomic E-state index is 12.4. The summed E-state index contributed by atoms with van der Waals surface area (Å²) >= 11 is 5.82. The summed E-state index contributed by atoms with van der Waals surface area (Å²) in [6.07, 6.45) is 0.567. The number of benzene rings is 2. The predicted molar refractivity (Wildman–Crippen MR) is 90.6 cm³/mol. The van der Waals surface area contributed by atoms with E-state index in [1.165, 1.54) is 6.33 Å². The van der Waals surface area contributed by atoms with E-state index < -0.39 is 6.10 Å². The molecule has 0 aliphatic heterocycles. The van der Waals surface area contributed by atoms with Gasteiger partial charge in [0.1, 0.15) is 6.33 Å². The van der Waals surface area contributed by atoms with Crippen molar-refractivity contribution >= 4 is 17.5 Å². The third kappa shape index (κ3) is 3.61. The van der Waals surface area contributed by atoms with Crippen molar-refractivity contribution < 1.29 is 9.90 Å². The number of aromatic nitrogens is 3. The lowest BCUT2D eigenvalue weighted by Gasteiger charge is -2.13. The minimum atomic E-state index is -0.816. The van der Waals surface area contributed by atoms with Crippen LogP contribution in [0.4, 0.5) is 0 Å². The van der Waals surface area contributed by atoms with Gasteiger partial charge in [-0.3, -0.25) is 9.89 Å². The van der Waals surface area contributed by atoms with E-state index in [-0.39, 0.29) is 12.5 Å². The molecule has 6 nitrogen and oxygen atoms in total. The molecule has 3 rings (SSSR count). The Labute approximate surface area is 143 Å². The molecule has 2 aromatic carbocycles. The number of H-pyrrole nitrogens is 1. The van der Waals surface area contributed by atoms with E-state index in [2.05, 4.69) is 20.5 Å². The molecular weight excluding hydrogens is 328 g/mol. The number of aliphatic hydroxyl groups excluding tert-OH is 1. The second-order valence-corrected chi connectivity index (χ2v) is 5.59. The topological polar surface area (TPSA) is 90.9 Å². The number of aliphatic hydroxyl groups is 1. The molecule has 1 aromatic heterocycles. The Morgan fingerprint density at radius 3 is 2.67 bits per heavy atom. The highest BCUT2D eigenvalue weighted by Crippen LogP contribution is 2.20. The van der Waals surface area contributed by atoms with Crippen molar-refractivity contribution in [2.24, 2.45) is 0 Å². The minimum Gasteiger partial charge on any atom is -0.387 e. The molecule has 0 spiro atoms. The van der Waals surface area contributed by atoms with E-state index in [9.17, 15) is 9.90 Å². The highest BCUT2D eigenvalue weighted by atomic mass is 35.5. The van der Waals surface area contributed by atoms with Gasteiger partial charge in [0, 0.05) is 17.1 Å². The van der Waals surface area contributed by atoms with Crippen molar-refractivity contribution in [3.8, 4) is 11.4 Å². The molecule has 0 aliphatic rings. The third-order valence-corrected chi connectivity index (χ3v) is 3.80. The Kier molecular flexibility index (Phi) is 4.88. The summed E-state index contributed by atoms with van der Waals surface area (Å²) in [4.78, 5) is 16.5. The second-order valence-electron chi connectivity index (χ2n) is 5.16. The van der Waals surface area contributed by atoms with Gasteiger partial charge in [0.05, 0.1) is 11.7 Å². The number of hydrogen-bond donors (Lipinski definition) is 3. The van der Waals surface area contributed by atoms with Crippen molar-refractivity contribution in [2.75, 3.05) is 6.54 Å². The summed E-state index contributed by atoms with van der Waals surface area (Å²) in [5.41, 5.74) is 1.79. The number of amides is 1. The number of nitrogens with one attached hydrogen (secondary N) is 2. The summed E-state index contributed by atoms with van der Waals surface area (Å²) < 4.78 is 0. The molecule has 0 radical (unpaired) electrons. The Balaban J connectivity index is 1.71. The Bertz CT molecular complexity index is 819. The SMILES string of the molecule is O=C(NC[C@H](O)c1ccc(Cl)cc1)c1ccccc1-c1ncn[nH]1. The molecule has 1 heterocycles. The normalized spacial score (nSPS) is 11.9. The highest BCUT2D eigenvalue weighted by Gasteiger charge is 2.15. The van der Waals surface area contributed by atoms with Gasteiger partial charge >= 0.3 is 0 Å². The van der Waals surface area contributed by atoms with Crippen LogP contribution in [-0.2, 0) is 0 Å². The van der Waals surface area contributed by atoms with Crippen molar-refractivity contribution in [1.29, 1.82) is 0 Å². The Hall–Kier alpha value is -2.70. The van der Waals surface area contributed by atoms with E-state index in [1.54, 1.807) is 42.5 Å². The molecule has 0 saturated carbocycles. The number of nitrogens with zero attached hydrogens (tertiary/aromatic N) is 2. The monoisotopic (exact) mass is 342 g/mol. The molecular formula is C17H15ClN4O2. The zero-order chi connectivity index (χ0) is 16.9. The van der Waals surface area contributed by atoms with Crippen LogP contribution in [0.25, 0.3) is 11.4 Å². The molecule has 0 aliphatic carbocycles.